The van der Waals surface area contributed by atoms with Crippen LogP contribution in [0.1, 0.15) is 11.1 Å². The second-order valence-corrected chi connectivity index (χ2v) is 6.99. The molecular weight excluding hydrogens is 372 g/mol. The Labute approximate surface area is 174 Å². The van der Waals surface area contributed by atoms with E-state index < -0.39 is 0 Å². The highest BCUT2D eigenvalue weighted by Gasteiger charge is 2.11. The molecule has 1 heterocycles. The highest BCUT2D eigenvalue weighted by Crippen LogP contribution is 2.32. The van der Waals surface area contributed by atoms with Gasteiger partial charge in [0.15, 0.2) is 0 Å². The maximum absolute atomic E-state index is 10.4. The minimum atomic E-state index is 0.175. The molecule has 0 unspecified atom stereocenters. The molecule has 144 valence electrons. The third kappa shape index (κ3) is 3.15. The van der Waals surface area contributed by atoms with E-state index in [0.29, 0.717) is 5.56 Å². The molecule has 30 heavy (non-hydrogen) atoms. The van der Waals surface area contributed by atoms with Crippen molar-refractivity contribution < 1.29 is 14.3 Å². The van der Waals surface area contributed by atoms with Crippen molar-refractivity contribution in [3.8, 4) is 34.7 Å². The zero-order chi connectivity index (χ0) is 20.5. The molecule has 0 atom stereocenters. The Morgan fingerprint density at radius 2 is 1.60 bits per heavy atom. The minimum absolute atomic E-state index is 0.175. The van der Waals surface area contributed by atoms with Crippen molar-refractivity contribution in [3.63, 3.8) is 0 Å². The van der Waals surface area contributed by atoms with E-state index in [9.17, 15) is 5.11 Å². The largest absolute Gasteiger partial charge is 0.507 e. The minimum Gasteiger partial charge on any atom is -0.507 e. The quantitative estimate of drug-likeness (QED) is 0.356. The smallest absolute Gasteiger partial charge is 0.138 e. The lowest BCUT2D eigenvalue weighted by Gasteiger charge is -2.04. The van der Waals surface area contributed by atoms with Crippen LogP contribution < -0.4 is 4.74 Å². The Morgan fingerprint density at radius 1 is 0.800 bits per heavy atom. The van der Waals surface area contributed by atoms with Crippen molar-refractivity contribution >= 4 is 21.7 Å². The van der Waals surface area contributed by atoms with Gasteiger partial charge in [0.05, 0.1) is 12.7 Å². The fourth-order valence-corrected chi connectivity index (χ4v) is 3.60. The lowest BCUT2D eigenvalue weighted by Crippen LogP contribution is -1.84. The number of hydrogen-bond donors (Lipinski definition) is 1. The van der Waals surface area contributed by atoms with Crippen LogP contribution >= 0.6 is 0 Å². The Kier molecular flexibility index (Phi) is 4.38. The zero-order valence-corrected chi connectivity index (χ0v) is 16.3. The summed E-state index contributed by atoms with van der Waals surface area (Å²) < 4.78 is 11.4. The van der Waals surface area contributed by atoms with Crippen molar-refractivity contribution in [1.29, 1.82) is 0 Å². The van der Waals surface area contributed by atoms with Crippen molar-refractivity contribution in [2.24, 2.45) is 0 Å². The lowest BCUT2D eigenvalue weighted by molar-refractivity contribution is 0.414. The molecule has 0 aliphatic rings. The summed E-state index contributed by atoms with van der Waals surface area (Å²) in [7, 11) is 1.64. The monoisotopic (exact) mass is 390 g/mol. The summed E-state index contributed by atoms with van der Waals surface area (Å²) in [6, 6.07) is 27.1. The summed E-state index contributed by atoms with van der Waals surface area (Å²) in [5, 5.41) is 13.4. The maximum atomic E-state index is 10.4. The molecular formula is C27H18O3. The first-order valence-corrected chi connectivity index (χ1v) is 9.62. The van der Waals surface area contributed by atoms with E-state index in [1.54, 1.807) is 13.2 Å². The molecule has 1 aromatic heterocycles. The Morgan fingerprint density at radius 3 is 2.50 bits per heavy atom. The Hall–Kier alpha value is -4.16. The number of furan rings is 1. The molecule has 4 aromatic carbocycles. The molecule has 3 heteroatoms. The van der Waals surface area contributed by atoms with Gasteiger partial charge in [0.25, 0.3) is 0 Å². The van der Waals surface area contributed by atoms with Gasteiger partial charge < -0.3 is 14.3 Å². The predicted molar refractivity (Wildman–Crippen MR) is 120 cm³/mol. The maximum Gasteiger partial charge on any atom is 0.138 e. The molecule has 5 rings (SSSR count). The number of rotatable bonds is 2. The molecule has 0 spiro atoms. The molecule has 1 N–H and O–H groups in total. The van der Waals surface area contributed by atoms with E-state index in [4.69, 9.17) is 9.15 Å². The normalized spacial score (nSPS) is 10.7. The van der Waals surface area contributed by atoms with Crippen LogP contribution in [0.5, 0.6) is 11.5 Å². The van der Waals surface area contributed by atoms with Crippen LogP contribution in [0.3, 0.4) is 0 Å². The van der Waals surface area contributed by atoms with Gasteiger partial charge in [-0.3, -0.25) is 0 Å². The number of ether oxygens (including phenoxy) is 1. The summed E-state index contributed by atoms with van der Waals surface area (Å²) in [6.07, 6.45) is 0. The van der Waals surface area contributed by atoms with Gasteiger partial charge >= 0.3 is 0 Å². The molecule has 5 aromatic rings. The first kappa shape index (κ1) is 17.9. The fraction of sp³-hybridized carbons (Fsp3) is 0.0370. The third-order valence-corrected chi connectivity index (χ3v) is 5.15. The van der Waals surface area contributed by atoms with Gasteiger partial charge in [-0.2, -0.15) is 0 Å². The van der Waals surface area contributed by atoms with Crippen LogP contribution in [0.25, 0.3) is 33.1 Å². The predicted octanol–water partition coefficient (Wildman–Crippen LogP) is 6.37. The number of aromatic hydroxyl groups is 1. The van der Waals surface area contributed by atoms with E-state index in [1.165, 1.54) is 0 Å². The van der Waals surface area contributed by atoms with Crippen LogP contribution in [0.2, 0.25) is 0 Å². The highest BCUT2D eigenvalue weighted by molar-refractivity contribution is 5.91. The summed E-state index contributed by atoms with van der Waals surface area (Å²) in [5.41, 5.74) is 3.12. The Balaban J connectivity index is 1.62. The first-order valence-electron chi connectivity index (χ1n) is 9.62. The van der Waals surface area contributed by atoms with Gasteiger partial charge in [-0.25, -0.2) is 0 Å². The zero-order valence-electron chi connectivity index (χ0n) is 16.3. The third-order valence-electron chi connectivity index (χ3n) is 5.15. The van der Waals surface area contributed by atoms with Crippen LogP contribution in [0.4, 0.5) is 0 Å². The van der Waals surface area contributed by atoms with Gasteiger partial charge in [-0.05, 0) is 41.8 Å². The van der Waals surface area contributed by atoms with E-state index in [2.05, 4.69) is 11.8 Å². The lowest BCUT2D eigenvalue weighted by atomic mass is 10.0. The molecule has 0 aliphatic carbocycles. The van der Waals surface area contributed by atoms with Gasteiger partial charge in [0, 0.05) is 28.0 Å². The molecule has 0 radical (unpaired) electrons. The number of phenols is 1. The average molecular weight is 390 g/mol. The summed E-state index contributed by atoms with van der Waals surface area (Å²) in [6.45, 7) is 0. The topological polar surface area (TPSA) is 42.6 Å². The van der Waals surface area contributed by atoms with Crippen molar-refractivity contribution in [2.75, 3.05) is 7.11 Å². The second-order valence-electron chi connectivity index (χ2n) is 6.99. The number of methoxy groups -OCH3 is 1. The van der Waals surface area contributed by atoms with E-state index >= 15 is 0 Å². The Bertz CT molecular complexity index is 1450. The van der Waals surface area contributed by atoms with Gasteiger partial charge in [0.1, 0.15) is 22.8 Å². The average Bonchev–Trinajstić information content (AvgIpc) is 3.21. The van der Waals surface area contributed by atoms with E-state index in [-0.39, 0.29) is 5.75 Å². The van der Waals surface area contributed by atoms with Crippen LogP contribution in [0.15, 0.2) is 89.3 Å². The molecule has 3 nitrogen and oxygen atoms in total. The number of fused-ring (bicyclic) bond motifs is 2. The fourth-order valence-electron chi connectivity index (χ4n) is 3.60. The number of benzene rings is 4. The van der Waals surface area contributed by atoms with Gasteiger partial charge in [-0.15, -0.1) is 0 Å². The van der Waals surface area contributed by atoms with Crippen molar-refractivity contribution in [1.82, 2.24) is 0 Å². The van der Waals surface area contributed by atoms with Gasteiger partial charge in [-0.1, -0.05) is 54.3 Å². The first-order chi connectivity index (χ1) is 14.7. The number of hydrogen-bond acceptors (Lipinski definition) is 3. The summed E-state index contributed by atoms with van der Waals surface area (Å²) >= 11 is 0. The van der Waals surface area contributed by atoms with Crippen LogP contribution in [-0.4, -0.2) is 12.2 Å². The molecule has 0 aliphatic heterocycles. The summed E-state index contributed by atoms with van der Waals surface area (Å²) in [4.78, 5) is 0. The highest BCUT2D eigenvalue weighted by atomic mass is 16.5. The standard InChI is InChI=1S/C27H18O3/c1-29-21-13-10-20-16-27(30-26(20)17-21)23-9-5-3-7-19(23)11-14-24-22-8-4-2-6-18(22)12-15-25(24)28/h2-10,12-13,15-17,28H,1H3. The van der Waals surface area contributed by atoms with E-state index in [1.807, 2.05) is 78.9 Å². The van der Waals surface area contributed by atoms with Crippen molar-refractivity contribution in [2.45, 2.75) is 0 Å². The van der Waals surface area contributed by atoms with Crippen LogP contribution in [0, 0.1) is 11.8 Å². The van der Waals surface area contributed by atoms with Crippen molar-refractivity contribution in [3.05, 3.63) is 96.1 Å². The van der Waals surface area contributed by atoms with Crippen LogP contribution in [-0.2, 0) is 0 Å². The molecule has 0 bridgehead atoms. The molecule has 0 amide bonds. The van der Waals surface area contributed by atoms with E-state index in [0.717, 1.165) is 44.4 Å². The summed E-state index contributed by atoms with van der Waals surface area (Å²) in [5.74, 6) is 8.08. The molecule has 0 saturated heterocycles. The second kappa shape index (κ2) is 7.35. The SMILES string of the molecule is COc1ccc2cc(-c3ccccc3C#Cc3c(O)ccc4ccccc34)oc2c1. The number of phenolic OH excluding ortho intramolecular Hbond substituents is 1. The van der Waals surface area contributed by atoms with Gasteiger partial charge in [0.2, 0.25) is 0 Å². The molecule has 0 saturated carbocycles. The molecule has 0 fully saturated rings.